The first-order chi connectivity index (χ1) is 8.66. The van der Waals surface area contributed by atoms with E-state index in [1.165, 1.54) is 27.8 Å². The van der Waals surface area contributed by atoms with E-state index in [2.05, 4.69) is 57.2 Å². The van der Waals surface area contributed by atoms with Crippen molar-refractivity contribution in [3.05, 3.63) is 70.3 Å². The summed E-state index contributed by atoms with van der Waals surface area (Å²) in [7, 11) is 0. The number of benzene rings is 2. The summed E-state index contributed by atoms with van der Waals surface area (Å²) in [6, 6.07) is 15.0. The van der Waals surface area contributed by atoms with Gasteiger partial charge in [-0.05, 0) is 43.0 Å². The predicted octanol–water partition coefficient (Wildman–Crippen LogP) is 4.42. The lowest BCUT2D eigenvalue weighted by Gasteiger charge is -2.08. The SMILES string of the molecule is Cc1cc(C)c([C@H]2O[C@@H]2c2ccccc2)c(C)c1. The Morgan fingerprint density at radius 3 is 2.06 bits per heavy atom. The maximum absolute atomic E-state index is 5.89. The molecule has 1 fully saturated rings. The third-order valence-corrected chi connectivity index (χ3v) is 3.64. The molecular formula is C17H18O. The fraction of sp³-hybridized carbons (Fsp3) is 0.294. The first kappa shape index (κ1) is 11.5. The first-order valence-corrected chi connectivity index (χ1v) is 6.45. The molecule has 1 heterocycles. The lowest BCUT2D eigenvalue weighted by Crippen LogP contribution is -1.94. The molecule has 2 aromatic carbocycles. The van der Waals surface area contributed by atoms with E-state index in [-0.39, 0.29) is 12.2 Å². The van der Waals surface area contributed by atoms with E-state index in [9.17, 15) is 0 Å². The number of aryl methyl sites for hydroxylation is 3. The third-order valence-electron chi connectivity index (χ3n) is 3.64. The number of hydrogen-bond donors (Lipinski definition) is 0. The van der Waals surface area contributed by atoms with Gasteiger partial charge >= 0.3 is 0 Å². The average molecular weight is 238 g/mol. The highest BCUT2D eigenvalue weighted by Crippen LogP contribution is 2.52. The summed E-state index contributed by atoms with van der Waals surface area (Å²) in [5.41, 5.74) is 6.66. The molecule has 0 radical (unpaired) electrons. The van der Waals surface area contributed by atoms with Gasteiger partial charge in [-0.25, -0.2) is 0 Å². The molecule has 1 nitrogen and oxygen atoms in total. The van der Waals surface area contributed by atoms with Crippen molar-refractivity contribution in [1.82, 2.24) is 0 Å². The standard InChI is InChI=1S/C17H18O/c1-11-9-12(2)15(13(3)10-11)17-16(18-17)14-7-5-4-6-8-14/h4-10,16-17H,1-3H3/t16-,17-/m1/s1. The number of hydrogen-bond acceptors (Lipinski definition) is 1. The molecule has 0 saturated carbocycles. The van der Waals surface area contributed by atoms with Gasteiger partial charge in [-0.15, -0.1) is 0 Å². The Kier molecular flexibility index (Phi) is 2.71. The summed E-state index contributed by atoms with van der Waals surface area (Å²) in [5, 5.41) is 0. The molecule has 92 valence electrons. The van der Waals surface area contributed by atoms with Crippen LogP contribution in [-0.2, 0) is 4.74 Å². The highest BCUT2D eigenvalue weighted by Gasteiger charge is 2.42. The van der Waals surface area contributed by atoms with Crippen molar-refractivity contribution in [1.29, 1.82) is 0 Å². The van der Waals surface area contributed by atoms with Gasteiger partial charge < -0.3 is 4.74 Å². The molecule has 0 amide bonds. The second kappa shape index (κ2) is 4.25. The van der Waals surface area contributed by atoms with Gasteiger partial charge in [0.1, 0.15) is 12.2 Å². The summed E-state index contributed by atoms with van der Waals surface area (Å²) in [5.74, 6) is 0. The van der Waals surface area contributed by atoms with Gasteiger partial charge in [0.25, 0.3) is 0 Å². The maximum atomic E-state index is 5.89. The Morgan fingerprint density at radius 2 is 1.44 bits per heavy atom. The summed E-state index contributed by atoms with van der Waals surface area (Å²) in [6.07, 6.45) is 0.485. The summed E-state index contributed by atoms with van der Waals surface area (Å²) in [6.45, 7) is 6.50. The Hall–Kier alpha value is -1.60. The quantitative estimate of drug-likeness (QED) is 0.705. The Labute approximate surface area is 108 Å². The smallest absolute Gasteiger partial charge is 0.114 e. The van der Waals surface area contributed by atoms with E-state index in [0.29, 0.717) is 0 Å². The van der Waals surface area contributed by atoms with Crippen LogP contribution in [0.4, 0.5) is 0 Å². The van der Waals surface area contributed by atoms with Gasteiger partial charge in [-0.2, -0.15) is 0 Å². The molecular weight excluding hydrogens is 220 g/mol. The fourth-order valence-corrected chi connectivity index (χ4v) is 2.87. The van der Waals surface area contributed by atoms with Gasteiger partial charge in [0.05, 0.1) is 0 Å². The van der Waals surface area contributed by atoms with Gasteiger partial charge in [0.2, 0.25) is 0 Å². The van der Waals surface area contributed by atoms with Crippen LogP contribution in [0.15, 0.2) is 42.5 Å². The summed E-state index contributed by atoms with van der Waals surface area (Å²) >= 11 is 0. The lowest BCUT2D eigenvalue weighted by atomic mass is 9.94. The number of epoxide rings is 1. The molecule has 18 heavy (non-hydrogen) atoms. The van der Waals surface area contributed by atoms with Crippen LogP contribution >= 0.6 is 0 Å². The van der Waals surface area contributed by atoms with Crippen LogP contribution in [-0.4, -0.2) is 0 Å². The molecule has 0 aliphatic carbocycles. The van der Waals surface area contributed by atoms with E-state index in [1.54, 1.807) is 0 Å². The fourth-order valence-electron chi connectivity index (χ4n) is 2.87. The highest BCUT2D eigenvalue weighted by molar-refractivity contribution is 5.42. The normalized spacial score (nSPS) is 21.9. The van der Waals surface area contributed by atoms with Crippen LogP contribution in [0.1, 0.15) is 40.0 Å². The topological polar surface area (TPSA) is 12.5 Å². The maximum Gasteiger partial charge on any atom is 0.114 e. The summed E-state index contributed by atoms with van der Waals surface area (Å²) < 4.78 is 5.89. The van der Waals surface area contributed by atoms with Crippen molar-refractivity contribution in [3.8, 4) is 0 Å². The van der Waals surface area contributed by atoms with Gasteiger partial charge in [0, 0.05) is 0 Å². The number of rotatable bonds is 2. The van der Waals surface area contributed by atoms with Crippen LogP contribution in [0.5, 0.6) is 0 Å². The van der Waals surface area contributed by atoms with Gasteiger partial charge in [-0.1, -0.05) is 48.0 Å². The predicted molar refractivity (Wildman–Crippen MR) is 73.7 cm³/mol. The van der Waals surface area contributed by atoms with E-state index in [4.69, 9.17) is 4.74 Å². The molecule has 1 saturated heterocycles. The molecule has 0 bridgehead atoms. The largest absolute Gasteiger partial charge is 0.359 e. The zero-order chi connectivity index (χ0) is 12.7. The van der Waals surface area contributed by atoms with Crippen molar-refractivity contribution in [2.75, 3.05) is 0 Å². The van der Waals surface area contributed by atoms with Crippen molar-refractivity contribution in [3.63, 3.8) is 0 Å². The molecule has 1 heteroatoms. The van der Waals surface area contributed by atoms with E-state index in [0.717, 1.165) is 0 Å². The van der Waals surface area contributed by atoms with Crippen molar-refractivity contribution in [2.45, 2.75) is 33.0 Å². The first-order valence-electron chi connectivity index (χ1n) is 6.45. The van der Waals surface area contributed by atoms with Crippen molar-refractivity contribution >= 4 is 0 Å². The second-order valence-corrected chi connectivity index (χ2v) is 5.20. The third kappa shape index (κ3) is 1.95. The summed E-state index contributed by atoms with van der Waals surface area (Å²) in [4.78, 5) is 0. The minimum Gasteiger partial charge on any atom is -0.359 e. The van der Waals surface area contributed by atoms with Crippen LogP contribution in [0.2, 0.25) is 0 Å². The monoisotopic (exact) mass is 238 g/mol. The molecule has 2 aromatic rings. The minimum atomic E-state index is 0.242. The zero-order valence-electron chi connectivity index (χ0n) is 11.1. The Morgan fingerprint density at radius 1 is 0.833 bits per heavy atom. The molecule has 2 atom stereocenters. The molecule has 3 rings (SSSR count). The highest BCUT2D eigenvalue weighted by atomic mass is 16.6. The molecule has 0 unspecified atom stereocenters. The van der Waals surface area contributed by atoms with Crippen LogP contribution < -0.4 is 0 Å². The Bertz CT molecular complexity index is 548. The molecule has 1 aliphatic heterocycles. The minimum absolute atomic E-state index is 0.242. The van der Waals surface area contributed by atoms with E-state index in [1.807, 2.05) is 6.07 Å². The van der Waals surface area contributed by atoms with Crippen LogP contribution in [0.3, 0.4) is 0 Å². The lowest BCUT2D eigenvalue weighted by molar-refractivity contribution is 0.377. The number of ether oxygens (including phenoxy) is 1. The average Bonchev–Trinajstić information content (AvgIpc) is 3.09. The van der Waals surface area contributed by atoms with E-state index < -0.39 is 0 Å². The Balaban J connectivity index is 1.91. The van der Waals surface area contributed by atoms with Crippen LogP contribution in [0.25, 0.3) is 0 Å². The molecule has 0 aromatic heterocycles. The van der Waals surface area contributed by atoms with E-state index >= 15 is 0 Å². The van der Waals surface area contributed by atoms with Gasteiger partial charge in [-0.3, -0.25) is 0 Å². The van der Waals surface area contributed by atoms with Gasteiger partial charge in [0.15, 0.2) is 0 Å². The van der Waals surface area contributed by atoms with Crippen molar-refractivity contribution in [2.24, 2.45) is 0 Å². The molecule has 0 N–H and O–H groups in total. The van der Waals surface area contributed by atoms with Crippen molar-refractivity contribution < 1.29 is 4.74 Å². The molecule has 1 aliphatic rings. The van der Waals surface area contributed by atoms with Crippen LogP contribution in [0, 0.1) is 20.8 Å². The zero-order valence-corrected chi connectivity index (χ0v) is 11.1. The molecule has 0 spiro atoms. The second-order valence-electron chi connectivity index (χ2n) is 5.20.